The van der Waals surface area contributed by atoms with Gasteiger partial charge in [0.25, 0.3) is 0 Å². The summed E-state index contributed by atoms with van der Waals surface area (Å²) in [4.78, 5) is 6.41. The van der Waals surface area contributed by atoms with Gasteiger partial charge in [-0.25, -0.2) is 0 Å². The summed E-state index contributed by atoms with van der Waals surface area (Å²) in [7, 11) is 0. The summed E-state index contributed by atoms with van der Waals surface area (Å²) >= 11 is 0. The standard InChI is InChI=1S/C11H17N3O/c1-9-8-14(4-5-15-9)11-2-3-13-7-10(11)6-12/h2-3,7,9H,4-6,8,12H2,1H3. The SMILES string of the molecule is CC1CN(c2ccncc2CN)CCO1. The van der Waals surface area contributed by atoms with Crippen molar-refractivity contribution in [2.45, 2.75) is 19.6 Å². The van der Waals surface area contributed by atoms with E-state index < -0.39 is 0 Å². The van der Waals surface area contributed by atoms with Crippen molar-refractivity contribution in [2.75, 3.05) is 24.6 Å². The van der Waals surface area contributed by atoms with Gasteiger partial charge in [-0.1, -0.05) is 0 Å². The molecule has 1 aromatic rings. The molecule has 1 unspecified atom stereocenters. The van der Waals surface area contributed by atoms with Crippen molar-refractivity contribution >= 4 is 5.69 Å². The van der Waals surface area contributed by atoms with Gasteiger partial charge in [0, 0.05) is 43.3 Å². The average Bonchev–Trinajstić information content (AvgIpc) is 2.29. The topological polar surface area (TPSA) is 51.4 Å². The van der Waals surface area contributed by atoms with E-state index in [2.05, 4.69) is 16.8 Å². The molecule has 1 fully saturated rings. The number of nitrogens with two attached hydrogens (primary N) is 1. The highest BCUT2D eigenvalue weighted by Gasteiger charge is 2.18. The first kappa shape index (κ1) is 10.4. The number of hydrogen-bond donors (Lipinski definition) is 1. The van der Waals surface area contributed by atoms with E-state index in [4.69, 9.17) is 10.5 Å². The fourth-order valence-corrected chi connectivity index (χ4v) is 1.92. The molecule has 0 radical (unpaired) electrons. The van der Waals surface area contributed by atoms with Crippen molar-refractivity contribution < 1.29 is 4.74 Å². The molecule has 82 valence electrons. The maximum absolute atomic E-state index is 5.69. The molecule has 4 heteroatoms. The highest BCUT2D eigenvalue weighted by molar-refractivity contribution is 5.52. The van der Waals surface area contributed by atoms with E-state index in [0.29, 0.717) is 6.54 Å². The number of hydrogen-bond acceptors (Lipinski definition) is 4. The van der Waals surface area contributed by atoms with Gasteiger partial charge in [-0.15, -0.1) is 0 Å². The zero-order valence-electron chi connectivity index (χ0n) is 9.02. The Labute approximate surface area is 90.0 Å². The lowest BCUT2D eigenvalue weighted by Crippen LogP contribution is -2.41. The van der Waals surface area contributed by atoms with Gasteiger partial charge in [0.05, 0.1) is 12.7 Å². The van der Waals surface area contributed by atoms with E-state index in [1.165, 1.54) is 5.69 Å². The number of aromatic nitrogens is 1. The molecule has 0 spiro atoms. The fraction of sp³-hybridized carbons (Fsp3) is 0.545. The van der Waals surface area contributed by atoms with Crippen LogP contribution in [0.1, 0.15) is 12.5 Å². The van der Waals surface area contributed by atoms with Gasteiger partial charge in [-0.2, -0.15) is 0 Å². The van der Waals surface area contributed by atoms with Crippen LogP contribution in [0.25, 0.3) is 0 Å². The number of nitrogens with zero attached hydrogens (tertiary/aromatic N) is 2. The number of anilines is 1. The molecule has 4 nitrogen and oxygen atoms in total. The summed E-state index contributed by atoms with van der Waals surface area (Å²) in [5.74, 6) is 0. The Bertz CT molecular complexity index is 329. The number of rotatable bonds is 2. The predicted molar refractivity (Wildman–Crippen MR) is 59.8 cm³/mol. The largest absolute Gasteiger partial charge is 0.375 e. The minimum absolute atomic E-state index is 0.289. The van der Waals surface area contributed by atoms with Crippen LogP contribution in [0.3, 0.4) is 0 Å². The average molecular weight is 207 g/mol. The molecule has 2 heterocycles. The number of morpholine rings is 1. The molecular formula is C11H17N3O. The van der Waals surface area contributed by atoms with Gasteiger partial charge >= 0.3 is 0 Å². The molecule has 1 aromatic heterocycles. The molecule has 0 saturated carbocycles. The Morgan fingerprint density at radius 3 is 3.27 bits per heavy atom. The third-order valence-electron chi connectivity index (χ3n) is 2.68. The van der Waals surface area contributed by atoms with Gasteiger partial charge < -0.3 is 15.4 Å². The molecule has 0 aromatic carbocycles. The van der Waals surface area contributed by atoms with Crippen LogP contribution in [0.5, 0.6) is 0 Å². The van der Waals surface area contributed by atoms with Crippen molar-refractivity contribution in [2.24, 2.45) is 5.73 Å². The Morgan fingerprint density at radius 2 is 2.53 bits per heavy atom. The van der Waals surface area contributed by atoms with Crippen LogP contribution in [0.4, 0.5) is 5.69 Å². The highest BCUT2D eigenvalue weighted by atomic mass is 16.5. The van der Waals surface area contributed by atoms with Crippen molar-refractivity contribution in [3.8, 4) is 0 Å². The molecule has 0 amide bonds. The second kappa shape index (κ2) is 4.59. The molecule has 2 N–H and O–H groups in total. The summed E-state index contributed by atoms with van der Waals surface area (Å²) < 4.78 is 5.51. The van der Waals surface area contributed by atoms with Crippen LogP contribution in [-0.2, 0) is 11.3 Å². The van der Waals surface area contributed by atoms with Crippen LogP contribution in [0.2, 0.25) is 0 Å². The van der Waals surface area contributed by atoms with Crippen LogP contribution in [0, 0.1) is 0 Å². The van der Waals surface area contributed by atoms with Gasteiger partial charge in [-0.3, -0.25) is 4.98 Å². The van der Waals surface area contributed by atoms with E-state index in [-0.39, 0.29) is 6.10 Å². The molecule has 1 saturated heterocycles. The zero-order chi connectivity index (χ0) is 10.7. The third kappa shape index (κ3) is 2.27. The molecule has 0 bridgehead atoms. The second-order valence-corrected chi connectivity index (χ2v) is 3.84. The normalized spacial score (nSPS) is 21.7. The summed E-state index contributed by atoms with van der Waals surface area (Å²) in [5.41, 5.74) is 7.99. The van der Waals surface area contributed by atoms with Gasteiger partial charge in [0.1, 0.15) is 0 Å². The summed E-state index contributed by atoms with van der Waals surface area (Å²) in [6.07, 6.45) is 3.95. The Balaban J connectivity index is 2.20. The van der Waals surface area contributed by atoms with Crippen LogP contribution >= 0.6 is 0 Å². The molecule has 0 aliphatic carbocycles. The number of ether oxygens (including phenoxy) is 1. The monoisotopic (exact) mass is 207 g/mol. The molecule has 15 heavy (non-hydrogen) atoms. The molecular weight excluding hydrogens is 190 g/mol. The molecule has 2 rings (SSSR count). The fourth-order valence-electron chi connectivity index (χ4n) is 1.92. The van der Waals surface area contributed by atoms with Crippen molar-refractivity contribution in [1.82, 2.24) is 4.98 Å². The Hall–Kier alpha value is -1.13. The second-order valence-electron chi connectivity index (χ2n) is 3.84. The van der Waals surface area contributed by atoms with E-state index in [0.717, 1.165) is 25.3 Å². The lowest BCUT2D eigenvalue weighted by molar-refractivity contribution is 0.0531. The van der Waals surface area contributed by atoms with Crippen molar-refractivity contribution in [3.63, 3.8) is 0 Å². The van der Waals surface area contributed by atoms with Gasteiger partial charge in [0.2, 0.25) is 0 Å². The maximum Gasteiger partial charge on any atom is 0.0722 e. The van der Waals surface area contributed by atoms with Gasteiger partial charge in [0.15, 0.2) is 0 Å². The Morgan fingerprint density at radius 1 is 1.67 bits per heavy atom. The van der Waals surface area contributed by atoms with E-state index >= 15 is 0 Å². The van der Waals surface area contributed by atoms with Gasteiger partial charge in [-0.05, 0) is 13.0 Å². The summed E-state index contributed by atoms with van der Waals surface area (Å²) in [6, 6.07) is 2.03. The van der Waals surface area contributed by atoms with E-state index in [1.807, 2.05) is 18.5 Å². The first-order valence-electron chi connectivity index (χ1n) is 5.30. The predicted octanol–water partition coefficient (Wildman–Crippen LogP) is 0.765. The van der Waals surface area contributed by atoms with Crippen molar-refractivity contribution in [1.29, 1.82) is 0 Å². The van der Waals surface area contributed by atoms with E-state index in [1.54, 1.807) is 0 Å². The minimum Gasteiger partial charge on any atom is -0.375 e. The van der Waals surface area contributed by atoms with Crippen LogP contribution in [0.15, 0.2) is 18.5 Å². The van der Waals surface area contributed by atoms with Crippen LogP contribution in [-0.4, -0.2) is 30.8 Å². The molecule has 1 aliphatic heterocycles. The molecule has 1 aliphatic rings. The lowest BCUT2D eigenvalue weighted by atomic mass is 10.2. The summed E-state index contributed by atoms with van der Waals surface area (Å²) in [6.45, 7) is 5.27. The minimum atomic E-state index is 0.289. The number of pyridine rings is 1. The molecule has 1 atom stereocenters. The first-order chi connectivity index (χ1) is 7.31. The quantitative estimate of drug-likeness (QED) is 0.778. The van der Waals surface area contributed by atoms with Crippen molar-refractivity contribution in [3.05, 3.63) is 24.0 Å². The summed E-state index contributed by atoms with van der Waals surface area (Å²) in [5, 5.41) is 0. The van der Waals surface area contributed by atoms with Crippen LogP contribution < -0.4 is 10.6 Å². The lowest BCUT2D eigenvalue weighted by Gasteiger charge is -2.33. The smallest absolute Gasteiger partial charge is 0.0722 e. The first-order valence-corrected chi connectivity index (χ1v) is 5.30. The Kier molecular flexibility index (Phi) is 3.18. The maximum atomic E-state index is 5.69. The van der Waals surface area contributed by atoms with E-state index in [9.17, 15) is 0 Å². The zero-order valence-corrected chi connectivity index (χ0v) is 9.02. The highest BCUT2D eigenvalue weighted by Crippen LogP contribution is 2.21. The third-order valence-corrected chi connectivity index (χ3v) is 2.68.